The van der Waals surface area contributed by atoms with Gasteiger partial charge < -0.3 is 29.2 Å². The fraction of sp³-hybridized carbons (Fsp3) is 0.857. The quantitative estimate of drug-likeness (QED) is 0.422. The number of aliphatic carboxylic acids is 2. The van der Waals surface area contributed by atoms with Gasteiger partial charge in [0, 0.05) is 27.4 Å². The van der Waals surface area contributed by atoms with Crippen LogP contribution >= 0.6 is 0 Å². The van der Waals surface area contributed by atoms with Gasteiger partial charge in [0.15, 0.2) is 0 Å². The van der Waals surface area contributed by atoms with Crippen LogP contribution in [0.25, 0.3) is 0 Å². The molecule has 0 atom stereocenters. The largest absolute Gasteiger partial charge is 0.481 e. The van der Waals surface area contributed by atoms with E-state index in [9.17, 15) is 14.7 Å². The highest BCUT2D eigenvalue weighted by atomic mass is 16.5. The summed E-state index contributed by atoms with van der Waals surface area (Å²) in [6.07, 6.45) is -0.262. The Bertz CT molecular complexity index is 304. The van der Waals surface area contributed by atoms with Gasteiger partial charge in [0.25, 0.3) is 0 Å². The summed E-state index contributed by atoms with van der Waals surface area (Å²) in [5, 5.41) is 18.4. The number of rotatable bonds is 15. The third-order valence-electron chi connectivity index (χ3n) is 3.26. The summed E-state index contributed by atoms with van der Waals surface area (Å²) in [4.78, 5) is 22.6. The molecule has 0 bridgehead atoms. The second-order valence-corrected chi connectivity index (χ2v) is 4.87. The molecule has 0 aliphatic heterocycles. The van der Waals surface area contributed by atoms with Crippen LogP contribution in [0, 0.1) is 5.41 Å². The number of hydrogen-bond donors (Lipinski definition) is 2. The Kier molecular flexibility index (Phi) is 11.7. The second kappa shape index (κ2) is 12.3. The van der Waals surface area contributed by atoms with Gasteiger partial charge in [-0.1, -0.05) is 0 Å². The standard InChI is InChI=1S/C14H26O8/c1-19-7-9-21-5-3-14(13(17)18,11-12(15)16)4-6-22-10-8-20-2/h3-11H2,1-2H3,(H,15,16)(H,17,18). The van der Waals surface area contributed by atoms with Gasteiger partial charge >= 0.3 is 11.9 Å². The van der Waals surface area contributed by atoms with Crippen molar-refractivity contribution in [3.63, 3.8) is 0 Å². The van der Waals surface area contributed by atoms with E-state index in [1.807, 2.05) is 0 Å². The van der Waals surface area contributed by atoms with E-state index in [4.69, 9.17) is 24.1 Å². The Morgan fingerprint density at radius 1 is 0.818 bits per heavy atom. The molecule has 8 nitrogen and oxygen atoms in total. The number of carboxylic acids is 2. The van der Waals surface area contributed by atoms with Gasteiger partial charge in [-0.3, -0.25) is 9.59 Å². The Balaban J connectivity index is 4.49. The predicted molar refractivity (Wildman–Crippen MR) is 76.9 cm³/mol. The molecule has 130 valence electrons. The Labute approximate surface area is 130 Å². The molecule has 0 aromatic carbocycles. The lowest BCUT2D eigenvalue weighted by Crippen LogP contribution is -2.36. The third kappa shape index (κ3) is 8.93. The fourth-order valence-corrected chi connectivity index (χ4v) is 1.90. The lowest BCUT2D eigenvalue weighted by Gasteiger charge is -2.27. The molecule has 0 aromatic rings. The summed E-state index contributed by atoms with van der Waals surface area (Å²) < 4.78 is 20.2. The van der Waals surface area contributed by atoms with E-state index in [-0.39, 0.29) is 26.1 Å². The molecule has 0 amide bonds. The Hall–Kier alpha value is -1.22. The minimum Gasteiger partial charge on any atom is -0.481 e. The molecular weight excluding hydrogens is 296 g/mol. The molecule has 0 fully saturated rings. The van der Waals surface area contributed by atoms with Crippen LogP contribution in [0.5, 0.6) is 0 Å². The second-order valence-electron chi connectivity index (χ2n) is 4.87. The van der Waals surface area contributed by atoms with Crippen molar-refractivity contribution < 1.29 is 38.7 Å². The molecule has 2 N–H and O–H groups in total. The average Bonchev–Trinajstić information content (AvgIpc) is 2.45. The van der Waals surface area contributed by atoms with Gasteiger partial charge in [-0.2, -0.15) is 0 Å². The maximum absolute atomic E-state index is 11.6. The van der Waals surface area contributed by atoms with E-state index >= 15 is 0 Å². The smallest absolute Gasteiger partial charge is 0.310 e. The zero-order valence-corrected chi connectivity index (χ0v) is 13.2. The van der Waals surface area contributed by atoms with Crippen molar-refractivity contribution in [2.45, 2.75) is 19.3 Å². The van der Waals surface area contributed by atoms with E-state index in [1.165, 1.54) is 14.2 Å². The van der Waals surface area contributed by atoms with Gasteiger partial charge in [0.05, 0.1) is 38.3 Å². The van der Waals surface area contributed by atoms with Crippen molar-refractivity contribution in [2.24, 2.45) is 5.41 Å². The maximum Gasteiger partial charge on any atom is 0.310 e. The first kappa shape index (κ1) is 20.8. The van der Waals surface area contributed by atoms with Crippen LogP contribution in [0.4, 0.5) is 0 Å². The van der Waals surface area contributed by atoms with Crippen LogP contribution in [0.2, 0.25) is 0 Å². The Morgan fingerprint density at radius 2 is 1.27 bits per heavy atom. The van der Waals surface area contributed by atoms with Gasteiger partial charge in [0.2, 0.25) is 0 Å². The molecular formula is C14H26O8. The third-order valence-corrected chi connectivity index (χ3v) is 3.26. The first-order valence-corrected chi connectivity index (χ1v) is 7.07. The van der Waals surface area contributed by atoms with Crippen LogP contribution < -0.4 is 0 Å². The van der Waals surface area contributed by atoms with Gasteiger partial charge in [-0.15, -0.1) is 0 Å². The number of methoxy groups -OCH3 is 2. The lowest BCUT2D eigenvalue weighted by molar-refractivity contribution is -0.158. The van der Waals surface area contributed by atoms with E-state index in [0.29, 0.717) is 26.4 Å². The van der Waals surface area contributed by atoms with Crippen LogP contribution in [-0.2, 0) is 28.5 Å². The van der Waals surface area contributed by atoms with Crippen LogP contribution in [0.1, 0.15) is 19.3 Å². The number of carboxylic acid groups (broad SMARTS) is 2. The maximum atomic E-state index is 11.6. The van der Waals surface area contributed by atoms with Crippen molar-refractivity contribution in [3.8, 4) is 0 Å². The SMILES string of the molecule is COCCOCCC(CCOCCOC)(CC(=O)O)C(=O)O. The van der Waals surface area contributed by atoms with Crippen molar-refractivity contribution >= 4 is 11.9 Å². The van der Waals surface area contributed by atoms with E-state index in [0.717, 1.165) is 0 Å². The number of ether oxygens (including phenoxy) is 4. The molecule has 0 aliphatic carbocycles. The highest BCUT2D eigenvalue weighted by Gasteiger charge is 2.40. The minimum atomic E-state index is -1.40. The van der Waals surface area contributed by atoms with Crippen molar-refractivity contribution in [3.05, 3.63) is 0 Å². The van der Waals surface area contributed by atoms with Crippen molar-refractivity contribution in [2.75, 3.05) is 53.9 Å². The Morgan fingerprint density at radius 3 is 1.59 bits per heavy atom. The molecule has 0 saturated carbocycles. The zero-order chi connectivity index (χ0) is 16.8. The average molecular weight is 322 g/mol. The molecule has 0 aliphatic rings. The van der Waals surface area contributed by atoms with E-state index in [1.54, 1.807) is 0 Å². The van der Waals surface area contributed by atoms with Crippen molar-refractivity contribution in [1.29, 1.82) is 0 Å². The summed E-state index contributed by atoms with van der Waals surface area (Å²) >= 11 is 0. The summed E-state index contributed by atoms with van der Waals surface area (Å²) in [6.45, 7) is 1.79. The molecule has 8 heteroatoms. The van der Waals surface area contributed by atoms with Crippen LogP contribution in [-0.4, -0.2) is 76.0 Å². The monoisotopic (exact) mass is 322 g/mol. The molecule has 0 saturated heterocycles. The predicted octanol–water partition coefficient (Wildman–Crippen LogP) is 0.638. The van der Waals surface area contributed by atoms with E-state index < -0.39 is 23.8 Å². The lowest BCUT2D eigenvalue weighted by atomic mass is 9.78. The first-order chi connectivity index (χ1) is 10.5. The summed E-state index contributed by atoms with van der Waals surface area (Å²) in [5.41, 5.74) is -1.40. The highest BCUT2D eigenvalue weighted by molar-refractivity contribution is 5.81. The van der Waals surface area contributed by atoms with Crippen molar-refractivity contribution in [1.82, 2.24) is 0 Å². The van der Waals surface area contributed by atoms with Gasteiger partial charge in [-0.25, -0.2) is 0 Å². The number of hydrogen-bond acceptors (Lipinski definition) is 6. The van der Waals surface area contributed by atoms with Crippen LogP contribution in [0.15, 0.2) is 0 Å². The molecule has 0 unspecified atom stereocenters. The summed E-state index contributed by atoms with van der Waals surface area (Å²) in [5.74, 6) is -2.31. The molecule has 22 heavy (non-hydrogen) atoms. The molecule has 0 spiro atoms. The normalized spacial score (nSPS) is 11.5. The first-order valence-electron chi connectivity index (χ1n) is 7.07. The topological polar surface area (TPSA) is 112 Å². The molecule has 0 aromatic heterocycles. The summed E-state index contributed by atoms with van der Waals surface area (Å²) in [7, 11) is 3.07. The molecule has 0 rings (SSSR count). The van der Waals surface area contributed by atoms with Crippen LogP contribution in [0.3, 0.4) is 0 Å². The molecule has 0 heterocycles. The summed E-state index contributed by atoms with van der Waals surface area (Å²) in [6, 6.07) is 0. The van der Waals surface area contributed by atoms with E-state index in [2.05, 4.69) is 0 Å². The van der Waals surface area contributed by atoms with Gasteiger partial charge in [0.1, 0.15) is 0 Å². The van der Waals surface area contributed by atoms with Gasteiger partial charge in [-0.05, 0) is 12.8 Å². The number of carbonyl (C=O) groups is 2. The minimum absolute atomic E-state index is 0.103. The zero-order valence-electron chi connectivity index (χ0n) is 13.2. The fourth-order valence-electron chi connectivity index (χ4n) is 1.90. The molecule has 0 radical (unpaired) electrons. The highest BCUT2D eigenvalue weighted by Crippen LogP contribution is 2.32.